The Morgan fingerprint density at radius 2 is 2.25 bits per heavy atom. The zero-order valence-electron chi connectivity index (χ0n) is 14.2. The largest absolute Gasteiger partial charge is 0.376 e. The quantitative estimate of drug-likeness (QED) is 0.847. The number of nitrogens with zero attached hydrogens (tertiary/aromatic N) is 3. The summed E-state index contributed by atoms with van der Waals surface area (Å²) < 4.78 is 12.8. The summed E-state index contributed by atoms with van der Waals surface area (Å²) >= 11 is 0. The summed E-state index contributed by atoms with van der Waals surface area (Å²) in [5, 5.41) is 7.35. The summed E-state index contributed by atoms with van der Waals surface area (Å²) in [7, 11) is 0. The fourth-order valence-corrected chi connectivity index (χ4v) is 3.13. The predicted octanol–water partition coefficient (Wildman–Crippen LogP) is 0.169. The van der Waals surface area contributed by atoms with E-state index in [9.17, 15) is 9.59 Å². The second-order valence-corrected chi connectivity index (χ2v) is 6.15. The van der Waals surface area contributed by atoms with E-state index in [1.165, 1.54) is 0 Å². The first kappa shape index (κ1) is 16.9. The van der Waals surface area contributed by atoms with Crippen molar-refractivity contribution in [2.45, 2.75) is 45.5 Å². The van der Waals surface area contributed by atoms with Crippen LogP contribution in [0.25, 0.3) is 0 Å². The Balaban J connectivity index is 1.68. The molecule has 0 spiro atoms. The molecule has 0 saturated carbocycles. The van der Waals surface area contributed by atoms with Crippen LogP contribution in [0.4, 0.5) is 0 Å². The molecule has 2 amide bonds. The van der Waals surface area contributed by atoms with Gasteiger partial charge in [0.05, 0.1) is 31.5 Å². The molecule has 2 aliphatic rings. The molecule has 0 aliphatic carbocycles. The molecule has 1 N–H and O–H groups in total. The molecule has 1 fully saturated rings. The maximum absolute atomic E-state index is 12.5. The number of carbonyl (C=O) groups excluding carboxylic acids is 2. The second kappa shape index (κ2) is 7.31. The highest BCUT2D eigenvalue weighted by molar-refractivity contribution is 5.92. The van der Waals surface area contributed by atoms with E-state index in [2.05, 4.69) is 10.4 Å². The second-order valence-electron chi connectivity index (χ2n) is 6.15. The van der Waals surface area contributed by atoms with E-state index in [-0.39, 0.29) is 24.0 Å². The molecule has 8 nitrogen and oxygen atoms in total. The summed E-state index contributed by atoms with van der Waals surface area (Å²) in [6.07, 6.45) is 0.714. The van der Waals surface area contributed by atoms with Crippen LogP contribution in [0.15, 0.2) is 6.07 Å². The average Bonchev–Trinajstić information content (AvgIpc) is 3.09. The van der Waals surface area contributed by atoms with E-state index < -0.39 is 0 Å². The summed E-state index contributed by atoms with van der Waals surface area (Å²) in [4.78, 5) is 25.9. The summed E-state index contributed by atoms with van der Waals surface area (Å²) in [5.41, 5.74) is 1.26. The lowest BCUT2D eigenvalue weighted by atomic mass is 10.2. The molecule has 0 unspecified atom stereocenters. The smallest absolute Gasteiger partial charge is 0.272 e. The van der Waals surface area contributed by atoms with Crippen LogP contribution in [-0.2, 0) is 27.4 Å². The molecule has 0 bridgehead atoms. The summed E-state index contributed by atoms with van der Waals surface area (Å²) in [6.45, 7) is 6.92. The van der Waals surface area contributed by atoms with Gasteiger partial charge in [0, 0.05) is 26.6 Å². The van der Waals surface area contributed by atoms with Crippen molar-refractivity contribution >= 4 is 11.8 Å². The van der Waals surface area contributed by atoms with Crippen molar-refractivity contribution in [3.8, 4) is 0 Å². The van der Waals surface area contributed by atoms with Gasteiger partial charge in [-0.05, 0) is 19.4 Å². The third kappa shape index (κ3) is 3.59. The zero-order chi connectivity index (χ0) is 17.1. The Kier molecular flexibility index (Phi) is 5.15. The third-order valence-electron chi connectivity index (χ3n) is 4.42. The Bertz CT molecular complexity index is 615. The van der Waals surface area contributed by atoms with Crippen LogP contribution in [0.2, 0.25) is 0 Å². The van der Waals surface area contributed by atoms with Crippen LogP contribution in [0.3, 0.4) is 0 Å². The molecule has 2 atom stereocenters. The lowest BCUT2D eigenvalue weighted by Crippen LogP contribution is -2.44. The van der Waals surface area contributed by atoms with Crippen LogP contribution in [0.1, 0.15) is 36.5 Å². The zero-order valence-corrected chi connectivity index (χ0v) is 14.2. The van der Waals surface area contributed by atoms with E-state index in [0.29, 0.717) is 38.6 Å². The summed E-state index contributed by atoms with van der Waals surface area (Å²) in [6, 6.07) is 1.61. The lowest BCUT2D eigenvalue weighted by molar-refractivity contribution is -0.129. The van der Waals surface area contributed by atoms with Gasteiger partial charge in [0.15, 0.2) is 5.69 Å². The average molecular weight is 336 g/mol. The Labute approximate surface area is 141 Å². The van der Waals surface area contributed by atoms with Gasteiger partial charge >= 0.3 is 0 Å². The highest BCUT2D eigenvalue weighted by Gasteiger charge is 2.31. The van der Waals surface area contributed by atoms with E-state index in [0.717, 1.165) is 18.7 Å². The first-order valence-electron chi connectivity index (χ1n) is 8.41. The van der Waals surface area contributed by atoms with E-state index >= 15 is 0 Å². The third-order valence-corrected chi connectivity index (χ3v) is 4.42. The Hall–Kier alpha value is -1.93. The van der Waals surface area contributed by atoms with Gasteiger partial charge in [0.1, 0.15) is 6.10 Å². The fraction of sp³-hybridized carbons (Fsp3) is 0.688. The number of hydrogen-bond donors (Lipinski definition) is 1. The summed E-state index contributed by atoms with van der Waals surface area (Å²) in [5.74, 6) is -0.191. The van der Waals surface area contributed by atoms with Gasteiger partial charge in [0.2, 0.25) is 5.91 Å². The van der Waals surface area contributed by atoms with Gasteiger partial charge < -0.3 is 19.7 Å². The van der Waals surface area contributed by atoms with Crippen LogP contribution < -0.4 is 5.32 Å². The maximum Gasteiger partial charge on any atom is 0.272 e. The van der Waals surface area contributed by atoms with Crippen molar-refractivity contribution in [3.05, 3.63) is 17.5 Å². The van der Waals surface area contributed by atoms with Gasteiger partial charge in [-0.15, -0.1) is 0 Å². The number of rotatable bonds is 4. The van der Waals surface area contributed by atoms with Crippen LogP contribution >= 0.6 is 0 Å². The van der Waals surface area contributed by atoms with Gasteiger partial charge in [0.25, 0.3) is 5.91 Å². The molecule has 1 saturated heterocycles. The van der Waals surface area contributed by atoms with Gasteiger partial charge in [-0.2, -0.15) is 5.10 Å². The number of amides is 2. The normalized spacial score (nSPS) is 23.7. The molecule has 2 aliphatic heterocycles. The standard InChI is InChI=1S/C16H24N4O4/c1-3-24-15-10-23-9-14(15)17-16(22)13-7-12-8-19(11(2)21)5-4-6-20(12)18-13/h7,14-15H,3-6,8-10H2,1-2H3,(H,17,22)/t14-,15-/m0/s1. The van der Waals surface area contributed by atoms with Crippen LogP contribution in [0, 0.1) is 0 Å². The number of aromatic nitrogens is 2. The SMILES string of the molecule is CCO[C@H]1COC[C@@H]1NC(=O)c1cc2n(n1)CCCN(C(C)=O)C2. The van der Waals surface area contributed by atoms with E-state index in [1.807, 2.05) is 11.6 Å². The highest BCUT2D eigenvalue weighted by atomic mass is 16.5. The molecule has 3 rings (SSSR count). The first-order chi connectivity index (χ1) is 11.6. The first-order valence-corrected chi connectivity index (χ1v) is 8.41. The molecule has 1 aromatic heterocycles. The minimum absolute atomic E-state index is 0.0401. The Morgan fingerprint density at radius 1 is 1.42 bits per heavy atom. The van der Waals surface area contributed by atoms with Crippen molar-refractivity contribution < 1.29 is 19.1 Å². The monoisotopic (exact) mass is 336 g/mol. The number of fused-ring (bicyclic) bond motifs is 1. The lowest BCUT2D eigenvalue weighted by Gasteiger charge is -2.18. The van der Waals surface area contributed by atoms with Crippen molar-refractivity contribution in [2.24, 2.45) is 0 Å². The molecule has 0 aromatic carbocycles. The van der Waals surface area contributed by atoms with Crippen LogP contribution in [0.5, 0.6) is 0 Å². The predicted molar refractivity (Wildman–Crippen MR) is 85.4 cm³/mol. The molecule has 3 heterocycles. The number of carbonyl (C=O) groups is 2. The topological polar surface area (TPSA) is 85.7 Å². The number of hydrogen-bond acceptors (Lipinski definition) is 5. The number of nitrogens with one attached hydrogen (secondary N) is 1. The fourth-order valence-electron chi connectivity index (χ4n) is 3.13. The van der Waals surface area contributed by atoms with E-state index in [1.54, 1.807) is 17.9 Å². The molecule has 132 valence electrons. The number of aryl methyl sites for hydroxylation is 1. The van der Waals surface area contributed by atoms with Gasteiger partial charge in [-0.3, -0.25) is 14.3 Å². The minimum Gasteiger partial charge on any atom is -0.376 e. The molecule has 24 heavy (non-hydrogen) atoms. The molecular weight excluding hydrogens is 312 g/mol. The van der Waals surface area contributed by atoms with Crippen molar-refractivity contribution in [2.75, 3.05) is 26.4 Å². The molecule has 0 radical (unpaired) electrons. The highest BCUT2D eigenvalue weighted by Crippen LogP contribution is 2.15. The van der Waals surface area contributed by atoms with Gasteiger partial charge in [-0.25, -0.2) is 0 Å². The van der Waals surface area contributed by atoms with Crippen molar-refractivity contribution in [3.63, 3.8) is 0 Å². The van der Waals surface area contributed by atoms with Gasteiger partial charge in [-0.1, -0.05) is 0 Å². The van der Waals surface area contributed by atoms with Crippen molar-refractivity contribution in [1.82, 2.24) is 20.0 Å². The Morgan fingerprint density at radius 3 is 3.00 bits per heavy atom. The van der Waals surface area contributed by atoms with Crippen molar-refractivity contribution in [1.29, 1.82) is 0 Å². The van der Waals surface area contributed by atoms with E-state index in [4.69, 9.17) is 9.47 Å². The maximum atomic E-state index is 12.5. The molecule has 8 heteroatoms. The molecular formula is C16H24N4O4. The molecule has 1 aromatic rings. The number of ether oxygens (including phenoxy) is 2. The van der Waals surface area contributed by atoms with Crippen LogP contribution in [-0.4, -0.2) is 65.0 Å². The minimum atomic E-state index is -0.231.